The van der Waals surface area contributed by atoms with Gasteiger partial charge in [0.15, 0.2) is 0 Å². The number of isocyanates is 1. The maximum Gasteiger partial charge on any atom is 0.240 e. The first-order valence-corrected chi connectivity index (χ1v) is 3.45. The average molecular weight is 163 g/mol. The predicted molar refractivity (Wildman–Crippen MR) is 46.3 cm³/mol. The SMILES string of the molecule is CN(C)c1ccc(N=C=O)cn1. The normalized spacial score (nSPS) is 8.83. The van der Waals surface area contributed by atoms with Gasteiger partial charge in [0.2, 0.25) is 6.08 Å². The lowest BCUT2D eigenvalue weighted by atomic mass is 10.4. The quantitative estimate of drug-likeness (QED) is 0.484. The van der Waals surface area contributed by atoms with Crippen molar-refractivity contribution in [1.29, 1.82) is 0 Å². The molecular weight excluding hydrogens is 154 g/mol. The van der Waals surface area contributed by atoms with Crippen molar-refractivity contribution >= 4 is 17.6 Å². The molecule has 1 aromatic heterocycles. The highest BCUT2D eigenvalue weighted by Gasteiger charge is 1.95. The Labute approximate surface area is 70.6 Å². The smallest absolute Gasteiger partial charge is 0.240 e. The zero-order valence-electron chi connectivity index (χ0n) is 6.98. The molecule has 0 spiro atoms. The van der Waals surface area contributed by atoms with Crippen molar-refractivity contribution in [2.24, 2.45) is 4.99 Å². The van der Waals surface area contributed by atoms with Gasteiger partial charge in [-0.05, 0) is 12.1 Å². The van der Waals surface area contributed by atoms with Crippen LogP contribution in [-0.2, 0) is 4.79 Å². The summed E-state index contributed by atoms with van der Waals surface area (Å²) in [6.07, 6.45) is 2.98. The predicted octanol–water partition coefficient (Wildman–Crippen LogP) is 1.11. The summed E-state index contributed by atoms with van der Waals surface area (Å²) in [4.78, 5) is 19.2. The summed E-state index contributed by atoms with van der Waals surface area (Å²) in [5, 5.41) is 0. The van der Waals surface area contributed by atoms with E-state index in [2.05, 4.69) is 9.98 Å². The van der Waals surface area contributed by atoms with Crippen molar-refractivity contribution in [3.63, 3.8) is 0 Å². The first-order valence-electron chi connectivity index (χ1n) is 3.45. The third-order valence-corrected chi connectivity index (χ3v) is 1.37. The molecule has 0 amide bonds. The molecule has 0 atom stereocenters. The van der Waals surface area contributed by atoms with Crippen molar-refractivity contribution in [1.82, 2.24) is 4.98 Å². The van der Waals surface area contributed by atoms with Crippen molar-refractivity contribution < 1.29 is 4.79 Å². The number of nitrogens with zero attached hydrogens (tertiary/aromatic N) is 3. The summed E-state index contributed by atoms with van der Waals surface area (Å²) >= 11 is 0. The summed E-state index contributed by atoms with van der Waals surface area (Å²) in [5.41, 5.74) is 0.524. The monoisotopic (exact) mass is 163 g/mol. The zero-order chi connectivity index (χ0) is 8.97. The topological polar surface area (TPSA) is 45.6 Å². The molecule has 4 heteroatoms. The van der Waals surface area contributed by atoms with Crippen LogP contribution in [0.4, 0.5) is 11.5 Å². The van der Waals surface area contributed by atoms with E-state index in [4.69, 9.17) is 0 Å². The molecule has 0 N–H and O–H groups in total. The van der Waals surface area contributed by atoms with Crippen molar-refractivity contribution in [3.8, 4) is 0 Å². The largest absolute Gasteiger partial charge is 0.363 e. The fourth-order valence-electron chi connectivity index (χ4n) is 0.762. The Kier molecular flexibility index (Phi) is 2.56. The number of hydrogen-bond acceptors (Lipinski definition) is 4. The van der Waals surface area contributed by atoms with E-state index in [9.17, 15) is 4.79 Å². The van der Waals surface area contributed by atoms with Gasteiger partial charge in [-0.25, -0.2) is 9.78 Å². The van der Waals surface area contributed by atoms with E-state index >= 15 is 0 Å². The van der Waals surface area contributed by atoms with Gasteiger partial charge >= 0.3 is 0 Å². The minimum Gasteiger partial charge on any atom is -0.363 e. The average Bonchev–Trinajstić information content (AvgIpc) is 2.06. The van der Waals surface area contributed by atoms with Crippen molar-refractivity contribution in [2.45, 2.75) is 0 Å². The van der Waals surface area contributed by atoms with E-state index in [0.717, 1.165) is 5.82 Å². The molecule has 0 aliphatic rings. The Hall–Kier alpha value is -1.67. The van der Waals surface area contributed by atoms with Gasteiger partial charge in [0.05, 0.1) is 11.9 Å². The second-order valence-corrected chi connectivity index (χ2v) is 2.47. The lowest BCUT2D eigenvalue weighted by Crippen LogP contribution is -2.09. The third-order valence-electron chi connectivity index (χ3n) is 1.37. The molecule has 0 unspecified atom stereocenters. The summed E-state index contributed by atoms with van der Waals surface area (Å²) in [6, 6.07) is 3.50. The van der Waals surface area contributed by atoms with Crippen LogP contribution in [0.2, 0.25) is 0 Å². The number of rotatable bonds is 2. The Bertz CT molecular complexity index is 299. The summed E-state index contributed by atoms with van der Waals surface area (Å²) < 4.78 is 0. The zero-order valence-corrected chi connectivity index (χ0v) is 6.98. The van der Waals surface area contributed by atoms with Gasteiger partial charge in [-0.3, -0.25) is 0 Å². The summed E-state index contributed by atoms with van der Waals surface area (Å²) in [6.45, 7) is 0. The molecule has 0 fully saturated rings. The molecule has 0 radical (unpaired) electrons. The second-order valence-electron chi connectivity index (χ2n) is 2.47. The van der Waals surface area contributed by atoms with Crippen LogP contribution < -0.4 is 4.90 Å². The van der Waals surface area contributed by atoms with E-state index < -0.39 is 0 Å². The van der Waals surface area contributed by atoms with Crippen LogP contribution in [0, 0.1) is 0 Å². The summed E-state index contributed by atoms with van der Waals surface area (Å²) in [7, 11) is 3.79. The second kappa shape index (κ2) is 3.64. The molecule has 62 valence electrons. The molecule has 0 aliphatic heterocycles. The number of hydrogen-bond donors (Lipinski definition) is 0. The lowest BCUT2D eigenvalue weighted by molar-refractivity contribution is 0.565. The van der Waals surface area contributed by atoms with E-state index in [-0.39, 0.29) is 0 Å². The van der Waals surface area contributed by atoms with E-state index in [1.54, 1.807) is 12.1 Å². The molecule has 12 heavy (non-hydrogen) atoms. The number of carbonyl (C=O) groups excluding carboxylic acids is 1. The Balaban J connectivity index is 2.92. The van der Waals surface area contributed by atoms with E-state index in [1.165, 1.54) is 12.3 Å². The molecule has 1 aromatic rings. The Morgan fingerprint density at radius 1 is 1.50 bits per heavy atom. The highest BCUT2D eigenvalue weighted by atomic mass is 16.1. The fourth-order valence-corrected chi connectivity index (χ4v) is 0.762. The van der Waals surface area contributed by atoms with E-state index in [0.29, 0.717) is 5.69 Å². The van der Waals surface area contributed by atoms with Gasteiger partial charge in [-0.1, -0.05) is 0 Å². The first kappa shape index (κ1) is 8.43. The lowest BCUT2D eigenvalue weighted by Gasteiger charge is -2.09. The van der Waals surface area contributed by atoms with Crippen LogP contribution in [0.15, 0.2) is 23.3 Å². The van der Waals surface area contributed by atoms with Gasteiger partial charge in [0.25, 0.3) is 0 Å². The Morgan fingerprint density at radius 2 is 2.25 bits per heavy atom. The van der Waals surface area contributed by atoms with Crippen LogP contribution in [0.5, 0.6) is 0 Å². The standard InChI is InChI=1S/C8H9N3O/c1-11(2)8-4-3-7(5-9-8)10-6-12/h3-5H,1-2H3. The minimum atomic E-state index is 0.524. The molecule has 0 aromatic carbocycles. The molecule has 4 nitrogen and oxygen atoms in total. The number of aliphatic imine (C=N–C) groups is 1. The van der Waals surface area contributed by atoms with Gasteiger partial charge < -0.3 is 4.90 Å². The van der Waals surface area contributed by atoms with Gasteiger partial charge in [0.1, 0.15) is 5.82 Å². The van der Waals surface area contributed by atoms with E-state index in [1.807, 2.05) is 19.0 Å². The molecule has 1 heterocycles. The van der Waals surface area contributed by atoms with Crippen molar-refractivity contribution in [2.75, 3.05) is 19.0 Å². The van der Waals surface area contributed by atoms with Crippen LogP contribution >= 0.6 is 0 Å². The van der Waals surface area contributed by atoms with Crippen LogP contribution in [-0.4, -0.2) is 25.2 Å². The van der Waals surface area contributed by atoms with Gasteiger partial charge in [0, 0.05) is 14.1 Å². The minimum absolute atomic E-state index is 0.524. The molecule has 0 bridgehead atoms. The van der Waals surface area contributed by atoms with Crippen molar-refractivity contribution in [3.05, 3.63) is 18.3 Å². The number of pyridine rings is 1. The maximum atomic E-state index is 9.86. The molecule has 0 saturated carbocycles. The first-order chi connectivity index (χ1) is 5.74. The number of aromatic nitrogens is 1. The van der Waals surface area contributed by atoms with Crippen LogP contribution in [0.3, 0.4) is 0 Å². The number of anilines is 1. The van der Waals surface area contributed by atoms with Crippen LogP contribution in [0.25, 0.3) is 0 Å². The fraction of sp³-hybridized carbons (Fsp3) is 0.250. The highest BCUT2D eigenvalue weighted by Crippen LogP contribution is 2.13. The highest BCUT2D eigenvalue weighted by molar-refractivity contribution is 5.50. The third kappa shape index (κ3) is 1.90. The molecule has 1 rings (SSSR count). The van der Waals surface area contributed by atoms with Gasteiger partial charge in [-0.15, -0.1) is 0 Å². The summed E-state index contributed by atoms with van der Waals surface area (Å²) in [5.74, 6) is 0.833. The molecular formula is C8H9N3O. The maximum absolute atomic E-state index is 9.86. The Morgan fingerprint density at radius 3 is 2.67 bits per heavy atom. The molecule has 0 aliphatic carbocycles. The molecule has 0 saturated heterocycles. The van der Waals surface area contributed by atoms with Crippen LogP contribution in [0.1, 0.15) is 0 Å². The van der Waals surface area contributed by atoms with Gasteiger partial charge in [-0.2, -0.15) is 4.99 Å².